The molecule has 0 aromatic carbocycles. The van der Waals surface area contributed by atoms with Crippen LogP contribution in [0.15, 0.2) is 0 Å². The molecule has 30 valence electrons. The zero-order valence-electron chi connectivity index (χ0n) is 2.97. The molecule has 0 aromatic heterocycles. The van der Waals surface area contributed by atoms with Crippen molar-refractivity contribution in [1.82, 2.24) is 0 Å². The SMILES string of the molecule is C#[Si]O[O][Ge]#[CH]. The molecule has 0 unspecified atom stereocenters. The third-order valence-corrected chi connectivity index (χ3v) is 1.04. The number of hydrogen-bond acceptors (Lipinski definition) is 2. The summed E-state index contributed by atoms with van der Waals surface area (Å²) in [6.45, 7) is 0. The molecular weight excluding hydrogens is 157 g/mol. The van der Waals surface area contributed by atoms with E-state index in [1.54, 1.807) is 0 Å². The fourth-order valence-electron chi connectivity index (χ4n) is 0.0481. The minimum atomic E-state index is -0.797. The van der Waals surface area contributed by atoms with E-state index >= 15 is 0 Å². The van der Waals surface area contributed by atoms with Crippen LogP contribution >= 0.6 is 0 Å². The van der Waals surface area contributed by atoms with E-state index in [0.29, 0.717) is 0 Å². The number of rotatable bonds is 1. The van der Waals surface area contributed by atoms with Gasteiger partial charge in [0.25, 0.3) is 0 Å². The summed E-state index contributed by atoms with van der Waals surface area (Å²) in [6, 6.07) is 4.86. The molecule has 6 heavy (non-hydrogen) atoms. The maximum absolute atomic E-state index is 4.94. The summed E-state index contributed by atoms with van der Waals surface area (Å²) in [4.78, 5) is 0. The molecule has 0 aliphatic rings. The summed E-state index contributed by atoms with van der Waals surface area (Å²) in [7, 11) is -0.106. The van der Waals surface area contributed by atoms with E-state index in [4.69, 9.17) is 11.2 Å². The van der Waals surface area contributed by atoms with Crippen molar-refractivity contribution in [3.05, 3.63) is 0 Å². The quantitative estimate of drug-likeness (QED) is 0.219. The maximum atomic E-state index is 4.94. The molecule has 0 saturated heterocycles. The Hall–Kier alpha value is -0.0803. The van der Waals surface area contributed by atoms with Gasteiger partial charge in [-0.25, -0.2) is 0 Å². The summed E-state index contributed by atoms with van der Waals surface area (Å²) >= 11 is -0.797. The fraction of sp³-hybridized carbons (Fsp3) is 0. The Morgan fingerprint density at radius 2 is 2.33 bits per heavy atom. The van der Waals surface area contributed by atoms with Gasteiger partial charge in [-0.1, -0.05) is 0 Å². The average molecular weight is 159 g/mol. The molecule has 0 amide bonds. The van der Waals surface area contributed by atoms with Gasteiger partial charge in [0.15, 0.2) is 0 Å². The second kappa shape index (κ2) is 4.92. The van der Waals surface area contributed by atoms with E-state index in [1.807, 2.05) is 0 Å². The molecule has 0 aliphatic carbocycles. The van der Waals surface area contributed by atoms with Crippen molar-refractivity contribution in [2.24, 2.45) is 0 Å². The van der Waals surface area contributed by atoms with Crippen molar-refractivity contribution in [3.8, 4) is 11.2 Å². The Bertz CT molecular complexity index is 85.1. The molecule has 0 atom stereocenters. The average Bonchev–Trinajstić information content (AvgIpc) is 1.61. The molecule has 2 nitrogen and oxygen atoms in total. The Kier molecular flexibility index (Phi) is 4.85. The molecule has 0 aromatic rings. The molecule has 0 saturated carbocycles. The van der Waals surface area contributed by atoms with E-state index in [-0.39, 0.29) is 9.20 Å². The van der Waals surface area contributed by atoms with Crippen LogP contribution < -0.4 is 0 Å². The second-order valence-corrected chi connectivity index (χ2v) is 1.65. The van der Waals surface area contributed by atoms with Crippen LogP contribution in [-0.4, -0.2) is 24.3 Å². The van der Waals surface area contributed by atoms with Crippen LogP contribution in [0, 0.1) is 11.2 Å². The van der Waals surface area contributed by atoms with E-state index in [2.05, 4.69) is 8.49 Å². The molecule has 4 heteroatoms. The van der Waals surface area contributed by atoms with Gasteiger partial charge >= 0.3 is 44.0 Å². The summed E-state index contributed by atoms with van der Waals surface area (Å²) < 4.78 is 8.49. The number of hydrogen-bond donors (Lipinski definition) is 0. The zero-order chi connectivity index (χ0) is 4.83. The van der Waals surface area contributed by atoms with Crippen LogP contribution in [0.1, 0.15) is 0 Å². The first-order valence-corrected chi connectivity index (χ1v) is 4.21. The standard InChI is InChI=1S/C2H2GeO2Si/c1-3-4-5-6-2/h1-2H. The molecule has 0 heterocycles. The van der Waals surface area contributed by atoms with Crippen LogP contribution in [0.5, 0.6) is 0 Å². The van der Waals surface area contributed by atoms with Gasteiger partial charge in [-0.15, -0.1) is 0 Å². The molecule has 0 fully saturated rings. The Morgan fingerprint density at radius 1 is 1.67 bits per heavy atom. The van der Waals surface area contributed by atoms with E-state index in [9.17, 15) is 0 Å². The van der Waals surface area contributed by atoms with Crippen molar-refractivity contribution < 1.29 is 8.49 Å². The first kappa shape index (κ1) is 5.92. The predicted octanol–water partition coefficient (Wildman–Crippen LogP) is -0.649. The van der Waals surface area contributed by atoms with E-state index < -0.39 is 15.1 Å². The first-order valence-electron chi connectivity index (χ1n) is 1.15. The predicted molar refractivity (Wildman–Crippen MR) is 23.6 cm³/mol. The van der Waals surface area contributed by atoms with Crippen molar-refractivity contribution in [2.45, 2.75) is 0 Å². The Morgan fingerprint density at radius 3 is 2.50 bits per heavy atom. The molecule has 0 N–H and O–H groups in total. The topological polar surface area (TPSA) is 18.5 Å². The molecule has 0 rings (SSSR count). The minimum absolute atomic E-state index is 0.106. The van der Waals surface area contributed by atoms with Gasteiger partial charge in [-0.05, 0) is 0 Å². The Balaban J connectivity index is 2.78. The normalized spacial score (nSPS) is 4.33. The van der Waals surface area contributed by atoms with Crippen LogP contribution in [0.2, 0.25) is 0 Å². The van der Waals surface area contributed by atoms with Gasteiger partial charge in [0.05, 0.1) is 0 Å². The van der Waals surface area contributed by atoms with Gasteiger partial charge in [-0.3, -0.25) is 0 Å². The van der Waals surface area contributed by atoms with Gasteiger partial charge in [0.2, 0.25) is 0 Å². The summed E-state index contributed by atoms with van der Waals surface area (Å²) in [5, 5.41) is 4.94. The van der Waals surface area contributed by atoms with Crippen LogP contribution in [0.3, 0.4) is 0 Å². The van der Waals surface area contributed by atoms with Crippen molar-refractivity contribution in [2.75, 3.05) is 0 Å². The molecule has 0 bridgehead atoms. The van der Waals surface area contributed by atoms with Gasteiger partial charge in [0, 0.05) is 0 Å². The molecule has 0 aliphatic heterocycles. The van der Waals surface area contributed by atoms with Crippen molar-refractivity contribution in [1.29, 1.82) is 0 Å². The second-order valence-electron chi connectivity index (χ2n) is 0.402. The third-order valence-electron chi connectivity index (χ3n) is 0.138. The summed E-state index contributed by atoms with van der Waals surface area (Å²) in [5.41, 5.74) is 0. The molecule has 0 spiro atoms. The van der Waals surface area contributed by atoms with Gasteiger partial charge in [0.1, 0.15) is 0 Å². The molecular formula is C2H2GeO2Si. The van der Waals surface area contributed by atoms with Crippen molar-refractivity contribution in [3.63, 3.8) is 0 Å². The zero-order valence-corrected chi connectivity index (χ0v) is 6.07. The van der Waals surface area contributed by atoms with Gasteiger partial charge in [-0.2, -0.15) is 0 Å². The Labute approximate surface area is 44.6 Å². The summed E-state index contributed by atoms with van der Waals surface area (Å²) in [5.74, 6) is 0. The van der Waals surface area contributed by atoms with Crippen LogP contribution in [0.4, 0.5) is 0 Å². The first-order chi connectivity index (χ1) is 2.91. The van der Waals surface area contributed by atoms with Gasteiger partial charge < -0.3 is 0 Å². The molecule has 0 radical (unpaired) electrons. The van der Waals surface area contributed by atoms with Crippen molar-refractivity contribution >= 4 is 24.3 Å². The summed E-state index contributed by atoms with van der Waals surface area (Å²) in [6.07, 6.45) is 0. The monoisotopic (exact) mass is 160 g/mol. The fourth-order valence-corrected chi connectivity index (χ4v) is 0.750. The van der Waals surface area contributed by atoms with E-state index in [0.717, 1.165) is 0 Å². The van der Waals surface area contributed by atoms with Crippen LogP contribution in [-0.2, 0) is 8.49 Å². The van der Waals surface area contributed by atoms with E-state index in [1.165, 1.54) is 0 Å². The third kappa shape index (κ3) is 3.92. The van der Waals surface area contributed by atoms with Crippen LogP contribution in [0.25, 0.3) is 0 Å².